The van der Waals surface area contributed by atoms with Gasteiger partial charge in [0.15, 0.2) is 0 Å². The summed E-state index contributed by atoms with van der Waals surface area (Å²) >= 11 is 5.85. The quantitative estimate of drug-likeness (QED) is 0.786. The van der Waals surface area contributed by atoms with Crippen LogP contribution < -0.4 is 5.32 Å². The van der Waals surface area contributed by atoms with Crippen LogP contribution in [0, 0.1) is 0 Å². The van der Waals surface area contributed by atoms with Gasteiger partial charge in [0.25, 0.3) is 0 Å². The highest BCUT2D eigenvalue weighted by atomic mass is 35.5. The summed E-state index contributed by atoms with van der Waals surface area (Å²) in [6, 6.07) is 15.8. The number of benzene rings is 2. The van der Waals surface area contributed by atoms with Crippen molar-refractivity contribution in [3.05, 3.63) is 76.3 Å². The first-order valence-electron chi connectivity index (χ1n) is 8.71. The lowest BCUT2D eigenvalue weighted by Crippen LogP contribution is -2.21. The van der Waals surface area contributed by atoms with Crippen molar-refractivity contribution < 1.29 is 4.79 Å². The van der Waals surface area contributed by atoms with Crippen LogP contribution >= 0.6 is 11.6 Å². The van der Waals surface area contributed by atoms with Crippen LogP contribution in [0.3, 0.4) is 0 Å². The summed E-state index contributed by atoms with van der Waals surface area (Å²) < 4.78 is 0. The van der Waals surface area contributed by atoms with Gasteiger partial charge < -0.3 is 5.32 Å². The highest BCUT2D eigenvalue weighted by Crippen LogP contribution is 2.14. The second-order valence-electron chi connectivity index (χ2n) is 6.41. The van der Waals surface area contributed by atoms with Crippen LogP contribution in [-0.4, -0.2) is 23.9 Å². The van der Waals surface area contributed by atoms with Crippen LogP contribution in [0.1, 0.15) is 29.5 Å². The van der Waals surface area contributed by atoms with Crippen molar-refractivity contribution in [3.8, 4) is 0 Å². The molecule has 0 unspecified atom stereocenters. The lowest BCUT2D eigenvalue weighted by atomic mass is 10.1. The van der Waals surface area contributed by atoms with Gasteiger partial charge in [-0.2, -0.15) is 0 Å². The zero-order valence-electron chi connectivity index (χ0n) is 14.2. The Kier molecular flexibility index (Phi) is 6.26. The maximum absolute atomic E-state index is 12.0. The zero-order valence-corrected chi connectivity index (χ0v) is 15.0. The summed E-state index contributed by atoms with van der Waals surface area (Å²) in [4.78, 5) is 14.5. The third kappa shape index (κ3) is 5.73. The van der Waals surface area contributed by atoms with Gasteiger partial charge in [0, 0.05) is 24.2 Å². The molecule has 0 aromatic heterocycles. The minimum absolute atomic E-state index is 0.0973. The minimum atomic E-state index is -0.0973. The first-order chi connectivity index (χ1) is 12.2. The number of nitrogens with one attached hydrogen (secondary N) is 1. The average Bonchev–Trinajstić information content (AvgIpc) is 3.13. The SMILES string of the molecule is O=C(/C=C/c1ccc(Cl)cc1)NCc1cccc(CN2CCCC2)c1. The molecule has 4 heteroatoms. The molecule has 0 spiro atoms. The van der Waals surface area contributed by atoms with Crippen molar-refractivity contribution in [3.63, 3.8) is 0 Å². The number of carbonyl (C=O) groups is 1. The maximum Gasteiger partial charge on any atom is 0.244 e. The summed E-state index contributed by atoms with van der Waals surface area (Å²) in [7, 11) is 0. The van der Waals surface area contributed by atoms with Gasteiger partial charge >= 0.3 is 0 Å². The van der Waals surface area contributed by atoms with E-state index in [1.807, 2.05) is 24.3 Å². The molecule has 0 bridgehead atoms. The second-order valence-corrected chi connectivity index (χ2v) is 6.84. The summed E-state index contributed by atoms with van der Waals surface area (Å²) in [5.41, 5.74) is 3.39. The predicted octanol–water partition coefficient (Wildman–Crippen LogP) is 4.27. The molecule has 130 valence electrons. The van der Waals surface area contributed by atoms with Crippen LogP contribution in [0.2, 0.25) is 5.02 Å². The molecular weight excluding hydrogens is 332 g/mol. The van der Waals surface area contributed by atoms with E-state index in [1.54, 1.807) is 12.2 Å². The topological polar surface area (TPSA) is 32.3 Å². The molecule has 0 saturated carbocycles. The van der Waals surface area contributed by atoms with E-state index in [0.717, 1.165) is 17.7 Å². The molecule has 1 amide bonds. The zero-order chi connectivity index (χ0) is 17.5. The Labute approximate surface area is 154 Å². The fraction of sp³-hybridized carbons (Fsp3) is 0.286. The lowest BCUT2D eigenvalue weighted by molar-refractivity contribution is -0.116. The number of rotatable bonds is 6. The molecule has 1 heterocycles. The Bertz CT molecular complexity index is 734. The highest BCUT2D eigenvalue weighted by Gasteiger charge is 2.11. The monoisotopic (exact) mass is 354 g/mol. The predicted molar refractivity (Wildman–Crippen MR) is 103 cm³/mol. The van der Waals surface area contributed by atoms with Gasteiger partial charge in [0.2, 0.25) is 5.91 Å². The first-order valence-corrected chi connectivity index (χ1v) is 9.08. The van der Waals surface area contributed by atoms with Gasteiger partial charge in [-0.05, 0) is 60.8 Å². The van der Waals surface area contributed by atoms with Gasteiger partial charge in [-0.25, -0.2) is 0 Å². The minimum Gasteiger partial charge on any atom is -0.348 e. The molecule has 3 rings (SSSR count). The van der Waals surface area contributed by atoms with Crippen LogP contribution in [-0.2, 0) is 17.9 Å². The molecule has 1 aliphatic heterocycles. The van der Waals surface area contributed by atoms with E-state index in [9.17, 15) is 4.79 Å². The number of halogens is 1. The van der Waals surface area contributed by atoms with E-state index in [1.165, 1.54) is 31.5 Å². The first kappa shape index (κ1) is 17.7. The molecule has 0 atom stereocenters. The molecule has 2 aromatic carbocycles. The number of amides is 1. The van der Waals surface area contributed by atoms with Gasteiger partial charge in [0.05, 0.1) is 0 Å². The standard InChI is InChI=1S/C21H23ClN2O/c22-20-9-6-17(7-10-20)8-11-21(25)23-15-18-4-3-5-19(14-18)16-24-12-1-2-13-24/h3-11,14H,1-2,12-13,15-16H2,(H,23,25)/b11-8+. The largest absolute Gasteiger partial charge is 0.348 e. The fourth-order valence-electron chi connectivity index (χ4n) is 3.03. The van der Waals surface area contributed by atoms with E-state index in [0.29, 0.717) is 11.6 Å². The normalized spacial score (nSPS) is 14.9. The summed E-state index contributed by atoms with van der Waals surface area (Å²) in [5.74, 6) is -0.0973. The highest BCUT2D eigenvalue weighted by molar-refractivity contribution is 6.30. The van der Waals surface area contributed by atoms with E-state index in [4.69, 9.17) is 11.6 Å². The smallest absolute Gasteiger partial charge is 0.244 e. The van der Waals surface area contributed by atoms with Crippen LogP contribution in [0.15, 0.2) is 54.6 Å². The molecule has 1 N–H and O–H groups in total. The molecule has 0 radical (unpaired) electrons. The Morgan fingerprint density at radius 1 is 1.08 bits per heavy atom. The molecule has 0 aliphatic carbocycles. The number of hydrogen-bond donors (Lipinski definition) is 1. The third-order valence-corrected chi connectivity index (χ3v) is 4.61. The van der Waals surface area contributed by atoms with Crippen molar-refractivity contribution >= 4 is 23.6 Å². The summed E-state index contributed by atoms with van der Waals surface area (Å²) in [6.07, 6.45) is 5.94. The van der Waals surface area contributed by atoms with Crippen LogP contribution in [0.25, 0.3) is 6.08 Å². The number of hydrogen-bond acceptors (Lipinski definition) is 2. The molecule has 1 aliphatic rings. The Morgan fingerprint density at radius 2 is 1.80 bits per heavy atom. The van der Waals surface area contributed by atoms with Crippen molar-refractivity contribution in [1.82, 2.24) is 10.2 Å². The second kappa shape index (κ2) is 8.84. The van der Waals surface area contributed by atoms with Gasteiger partial charge in [-0.1, -0.05) is 48.0 Å². The molecule has 1 fully saturated rings. The fourth-order valence-corrected chi connectivity index (χ4v) is 3.16. The number of carbonyl (C=O) groups excluding carboxylic acids is 1. The Balaban J connectivity index is 1.50. The van der Waals surface area contributed by atoms with E-state index >= 15 is 0 Å². The van der Waals surface area contributed by atoms with Crippen molar-refractivity contribution in [2.24, 2.45) is 0 Å². The maximum atomic E-state index is 12.0. The van der Waals surface area contributed by atoms with Gasteiger partial charge in [0.1, 0.15) is 0 Å². The molecule has 1 saturated heterocycles. The van der Waals surface area contributed by atoms with E-state index in [2.05, 4.69) is 34.5 Å². The van der Waals surface area contributed by atoms with Crippen LogP contribution in [0.4, 0.5) is 0 Å². The number of likely N-dealkylation sites (tertiary alicyclic amines) is 1. The van der Waals surface area contributed by atoms with Gasteiger partial charge in [-0.3, -0.25) is 9.69 Å². The Hall–Kier alpha value is -2.10. The average molecular weight is 355 g/mol. The Morgan fingerprint density at radius 3 is 2.56 bits per heavy atom. The summed E-state index contributed by atoms with van der Waals surface area (Å²) in [6.45, 7) is 3.92. The van der Waals surface area contributed by atoms with Crippen molar-refractivity contribution in [2.45, 2.75) is 25.9 Å². The van der Waals surface area contributed by atoms with E-state index in [-0.39, 0.29) is 5.91 Å². The van der Waals surface area contributed by atoms with Crippen molar-refractivity contribution in [2.75, 3.05) is 13.1 Å². The van der Waals surface area contributed by atoms with E-state index < -0.39 is 0 Å². The number of nitrogens with zero attached hydrogens (tertiary/aromatic N) is 1. The summed E-state index contributed by atoms with van der Waals surface area (Å²) in [5, 5.41) is 3.63. The lowest BCUT2D eigenvalue weighted by Gasteiger charge is -2.15. The van der Waals surface area contributed by atoms with Gasteiger partial charge in [-0.15, -0.1) is 0 Å². The third-order valence-electron chi connectivity index (χ3n) is 4.36. The molecule has 2 aromatic rings. The molecule has 3 nitrogen and oxygen atoms in total. The molecular formula is C21H23ClN2O. The molecule has 25 heavy (non-hydrogen) atoms. The van der Waals surface area contributed by atoms with Crippen LogP contribution in [0.5, 0.6) is 0 Å². The van der Waals surface area contributed by atoms with Crippen molar-refractivity contribution in [1.29, 1.82) is 0 Å².